The molecule has 0 radical (unpaired) electrons. The van der Waals surface area contributed by atoms with Crippen molar-refractivity contribution >= 4 is 22.6 Å². The number of fused-ring (bicyclic) bond motifs is 3. The molecular formula is C20H23F3N6O2. The molecule has 2 aromatic heterocycles. The number of nitrogens with zero attached hydrogens (tertiary/aromatic N) is 3. The first-order valence-corrected chi connectivity index (χ1v) is 9.43. The number of halogens is 3. The molecule has 166 valence electrons. The maximum absolute atomic E-state index is 13.1. The second kappa shape index (κ2) is 8.42. The maximum Gasteiger partial charge on any atom is 0.430 e. The fourth-order valence-corrected chi connectivity index (χ4v) is 3.17. The Balaban J connectivity index is 1.90. The molecule has 2 aromatic rings. The van der Waals surface area contributed by atoms with E-state index in [2.05, 4.69) is 9.97 Å². The predicted octanol–water partition coefficient (Wildman–Crippen LogP) is 2.34. The number of anilines is 1. The molecule has 0 atom stereocenters. The lowest BCUT2D eigenvalue weighted by Gasteiger charge is -2.26. The largest absolute Gasteiger partial charge is 0.430 e. The molecule has 6 N–H and O–H groups in total. The van der Waals surface area contributed by atoms with Crippen molar-refractivity contribution in [3.8, 4) is 0 Å². The summed E-state index contributed by atoms with van der Waals surface area (Å²) in [6.07, 6.45) is -1.48. The molecule has 0 spiro atoms. The number of amides is 1. The summed E-state index contributed by atoms with van der Waals surface area (Å²) < 4.78 is 43.0. The molecule has 0 saturated carbocycles. The van der Waals surface area contributed by atoms with Gasteiger partial charge in [0, 0.05) is 22.7 Å². The zero-order valence-electron chi connectivity index (χ0n) is 17.0. The second-order valence-electron chi connectivity index (χ2n) is 7.42. The van der Waals surface area contributed by atoms with E-state index in [1.807, 2.05) is 0 Å². The van der Waals surface area contributed by atoms with Gasteiger partial charge in [-0.1, -0.05) is 0 Å². The van der Waals surface area contributed by atoms with Crippen LogP contribution in [-0.4, -0.2) is 39.5 Å². The number of carbonyl (C=O) groups excluding carboxylic acids is 1. The van der Waals surface area contributed by atoms with Crippen LogP contribution >= 0.6 is 0 Å². The molecule has 11 heteroatoms. The maximum atomic E-state index is 13.1. The highest BCUT2D eigenvalue weighted by atomic mass is 19.4. The lowest BCUT2D eigenvalue weighted by Crippen LogP contribution is -2.40. The minimum Gasteiger partial charge on any atom is -0.401 e. The van der Waals surface area contributed by atoms with Crippen LogP contribution in [0.3, 0.4) is 0 Å². The Kier molecular flexibility index (Phi) is 6.07. The predicted molar refractivity (Wildman–Crippen MR) is 109 cm³/mol. The van der Waals surface area contributed by atoms with Crippen LogP contribution < -0.4 is 17.2 Å². The lowest BCUT2D eigenvalue weighted by atomic mass is 10.1. The average Bonchev–Trinajstić information content (AvgIpc) is 3.19. The minimum absolute atomic E-state index is 0.0405. The summed E-state index contributed by atoms with van der Waals surface area (Å²) in [5.74, 6) is -0.0562. The van der Waals surface area contributed by atoms with Crippen molar-refractivity contribution in [1.29, 1.82) is 0 Å². The number of ether oxygens (including phenoxy) is 1. The van der Waals surface area contributed by atoms with E-state index in [0.717, 1.165) is 17.2 Å². The molecular weight excluding hydrogens is 413 g/mol. The third-order valence-electron chi connectivity index (χ3n) is 4.88. The summed E-state index contributed by atoms with van der Waals surface area (Å²) >= 11 is 0. The molecule has 1 aliphatic heterocycles. The molecule has 1 amide bonds. The van der Waals surface area contributed by atoms with Crippen molar-refractivity contribution in [1.82, 2.24) is 14.9 Å². The summed E-state index contributed by atoms with van der Waals surface area (Å²) in [6, 6.07) is 1.33. The summed E-state index contributed by atoms with van der Waals surface area (Å²) in [6.45, 7) is 4.13. The Labute approximate surface area is 176 Å². The topological polar surface area (TPSA) is 133 Å². The molecule has 3 heterocycles. The summed E-state index contributed by atoms with van der Waals surface area (Å²) in [4.78, 5) is 23.0. The molecule has 0 aliphatic carbocycles. The van der Waals surface area contributed by atoms with Crippen molar-refractivity contribution in [3.63, 3.8) is 0 Å². The Morgan fingerprint density at radius 2 is 1.94 bits per heavy atom. The normalized spacial score (nSPS) is 14.9. The molecule has 0 aromatic carbocycles. The first-order chi connectivity index (χ1) is 14.5. The van der Waals surface area contributed by atoms with E-state index >= 15 is 0 Å². The van der Waals surface area contributed by atoms with Crippen LogP contribution in [0.4, 0.5) is 19.0 Å². The highest BCUT2D eigenvalue weighted by molar-refractivity contribution is 5.97. The van der Waals surface area contributed by atoms with Gasteiger partial charge in [0.15, 0.2) is 0 Å². The van der Waals surface area contributed by atoms with Gasteiger partial charge in [-0.15, -0.1) is 0 Å². The number of hydrogen-bond acceptors (Lipinski definition) is 7. The van der Waals surface area contributed by atoms with Gasteiger partial charge < -0.3 is 26.8 Å². The van der Waals surface area contributed by atoms with E-state index in [-0.39, 0.29) is 24.0 Å². The van der Waals surface area contributed by atoms with E-state index in [4.69, 9.17) is 21.9 Å². The van der Waals surface area contributed by atoms with Crippen LogP contribution in [0, 0.1) is 0 Å². The van der Waals surface area contributed by atoms with Crippen LogP contribution in [-0.2, 0) is 18.0 Å². The van der Waals surface area contributed by atoms with Gasteiger partial charge in [0.2, 0.25) is 0 Å². The number of aromatic nitrogens is 2. The van der Waals surface area contributed by atoms with E-state index in [9.17, 15) is 18.0 Å². The second-order valence-corrected chi connectivity index (χ2v) is 7.42. The first-order valence-electron chi connectivity index (χ1n) is 9.43. The Hall–Kier alpha value is -3.34. The monoisotopic (exact) mass is 436 g/mol. The van der Waals surface area contributed by atoms with Gasteiger partial charge in [-0.25, -0.2) is 9.97 Å². The fraction of sp³-hybridized carbons (Fsp3) is 0.350. The number of rotatable bonds is 5. The van der Waals surface area contributed by atoms with E-state index in [0.29, 0.717) is 36.0 Å². The zero-order chi connectivity index (χ0) is 22.9. The molecule has 0 bridgehead atoms. The van der Waals surface area contributed by atoms with E-state index in [1.165, 1.54) is 11.1 Å². The lowest BCUT2D eigenvalue weighted by molar-refractivity contribution is -0.0926. The van der Waals surface area contributed by atoms with E-state index in [1.54, 1.807) is 19.9 Å². The number of nitrogens with two attached hydrogens (primary N) is 3. The molecule has 31 heavy (non-hydrogen) atoms. The first kappa shape index (κ1) is 22.3. The molecule has 0 unspecified atom stereocenters. The van der Waals surface area contributed by atoms with Crippen molar-refractivity contribution < 1.29 is 22.7 Å². The van der Waals surface area contributed by atoms with Gasteiger partial charge in [-0.3, -0.25) is 4.79 Å². The quantitative estimate of drug-likeness (QED) is 0.613. The Bertz CT molecular complexity index is 1080. The highest BCUT2D eigenvalue weighted by Crippen LogP contribution is 2.31. The Morgan fingerprint density at radius 1 is 1.26 bits per heavy atom. The van der Waals surface area contributed by atoms with Crippen LogP contribution in [0.2, 0.25) is 0 Å². The standard InChI is InChI=1S/C20H23F3N6O2/c1-10(2)29(7-11(24)3-4-17(25)20(21,22)23)19(30)15-5-12-13-8-31-9-14(13)18(26)28-16(12)6-27-15/h3-6,10H,7-9,24-25H2,1-2H3,(H2,26,28)/b11-3-,17-4-. The number of pyridine rings is 2. The third kappa shape index (κ3) is 4.71. The summed E-state index contributed by atoms with van der Waals surface area (Å²) in [7, 11) is 0. The van der Waals surface area contributed by atoms with Crippen LogP contribution in [0.1, 0.15) is 35.5 Å². The Morgan fingerprint density at radius 3 is 2.58 bits per heavy atom. The number of nitrogen functional groups attached to an aromatic ring is 1. The highest BCUT2D eigenvalue weighted by Gasteiger charge is 2.31. The number of carbonyl (C=O) groups is 1. The molecule has 0 saturated heterocycles. The summed E-state index contributed by atoms with van der Waals surface area (Å²) in [5.41, 5.74) is 17.9. The molecule has 0 fully saturated rings. The van der Waals surface area contributed by atoms with Crippen LogP contribution in [0.5, 0.6) is 0 Å². The fourth-order valence-electron chi connectivity index (χ4n) is 3.17. The molecule has 3 rings (SSSR count). The van der Waals surface area contributed by atoms with Crippen molar-refractivity contribution in [2.45, 2.75) is 39.3 Å². The van der Waals surface area contributed by atoms with Gasteiger partial charge in [0.1, 0.15) is 17.2 Å². The minimum atomic E-state index is -4.65. The van der Waals surface area contributed by atoms with Crippen LogP contribution in [0.15, 0.2) is 35.8 Å². The third-order valence-corrected chi connectivity index (χ3v) is 4.88. The number of hydrogen-bond donors (Lipinski definition) is 3. The van der Waals surface area contributed by atoms with Gasteiger partial charge in [0.25, 0.3) is 5.91 Å². The molecule has 8 nitrogen and oxygen atoms in total. The number of allylic oxidation sites excluding steroid dienone is 3. The zero-order valence-corrected chi connectivity index (χ0v) is 17.0. The molecule has 1 aliphatic rings. The van der Waals surface area contributed by atoms with Gasteiger partial charge in [0.05, 0.1) is 31.5 Å². The van der Waals surface area contributed by atoms with Gasteiger partial charge in [-0.2, -0.15) is 13.2 Å². The van der Waals surface area contributed by atoms with E-state index < -0.39 is 17.8 Å². The van der Waals surface area contributed by atoms with Crippen molar-refractivity contribution in [2.75, 3.05) is 12.3 Å². The summed E-state index contributed by atoms with van der Waals surface area (Å²) in [5, 5.41) is 0.716. The SMILES string of the molecule is CC(C)N(C/C(N)=C/C=C(\N)C(F)(F)F)C(=O)c1cc2c3c(c(N)nc2cn1)COC3. The van der Waals surface area contributed by atoms with Crippen molar-refractivity contribution in [2.24, 2.45) is 11.5 Å². The van der Waals surface area contributed by atoms with Crippen LogP contribution in [0.25, 0.3) is 10.9 Å². The average molecular weight is 436 g/mol. The smallest absolute Gasteiger partial charge is 0.401 e. The van der Waals surface area contributed by atoms with Gasteiger partial charge in [-0.05, 0) is 37.6 Å². The van der Waals surface area contributed by atoms with Gasteiger partial charge >= 0.3 is 6.18 Å². The number of alkyl halides is 3. The van der Waals surface area contributed by atoms with Crippen molar-refractivity contribution in [3.05, 3.63) is 52.6 Å².